The Balaban J connectivity index is 1.39. The number of ether oxygens (including phenoxy) is 1. The van der Waals surface area contributed by atoms with E-state index in [1.165, 1.54) is 15.3 Å². The molecule has 11 heteroatoms. The lowest BCUT2D eigenvalue weighted by atomic mass is 10.0. The maximum absolute atomic E-state index is 13.2. The number of para-hydroxylation sites is 1. The SMILES string of the molecule is Cc1nc([N+](=O)[O-])cn1C(CC(N)=O)c1ccc(-n2ccn(-c3ccc(Oc4ccccc4)cc3)c2=O)cc1. The topological polar surface area (TPSA) is 140 Å². The van der Waals surface area contributed by atoms with Crippen molar-refractivity contribution in [2.45, 2.75) is 19.4 Å². The minimum atomic E-state index is -0.588. The zero-order valence-corrected chi connectivity index (χ0v) is 20.9. The predicted molar refractivity (Wildman–Crippen MR) is 143 cm³/mol. The van der Waals surface area contributed by atoms with Crippen molar-refractivity contribution in [3.05, 3.63) is 129 Å². The fourth-order valence-corrected chi connectivity index (χ4v) is 4.37. The highest BCUT2D eigenvalue weighted by atomic mass is 16.6. The largest absolute Gasteiger partial charge is 0.457 e. The summed E-state index contributed by atoms with van der Waals surface area (Å²) in [5.41, 5.74) is 7.17. The van der Waals surface area contributed by atoms with Gasteiger partial charge < -0.3 is 20.6 Å². The van der Waals surface area contributed by atoms with E-state index in [1.54, 1.807) is 72.4 Å². The molecule has 11 nitrogen and oxygen atoms in total. The number of nitrogens with two attached hydrogens (primary N) is 1. The van der Waals surface area contributed by atoms with Gasteiger partial charge in [0.15, 0.2) is 0 Å². The molecule has 0 aliphatic rings. The molecule has 0 aliphatic carbocycles. The molecule has 0 fully saturated rings. The molecule has 1 atom stereocenters. The van der Waals surface area contributed by atoms with Crippen molar-refractivity contribution in [3.63, 3.8) is 0 Å². The molecule has 0 aliphatic heterocycles. The number of hydrogen-bond donors (Lipinski definition) is 1. The number of amides is 1. The van der Waals surface area contributed by atoms with Crippen LogP contribution in [0.3, 0.4) is 0 Å². The van der Waals surface area contributed by atoms with Crippen molar-refractivity contribution in [1.29, 1.82) is 0 Å². The summed E-state index contributed by atoms with van der Waals surface area (Å²) in [6.07, 6.45) is 4.55. The molecule has 196 valence electrons. The van der Waals surface area contributed by atoms with Crippen molar-refractivity contribution in [3.8, 4) is 22.9 Å². The van der Waals surface area contributed by atoms with Gasteiger partial charge in [-0.3, -0.25) is 18.5 Å². The van der Waals surface area contributed by atoms with Crippen molar-refractivity contribution in [2.24, 2.45) is 5.73 Å². The second kappa shape index (κ2) is 10.5. The van der Waals surface area contributed by atoms with Crippen LogP contribution in [0.4, 0.5) is 5.82 Å². The smallest absolute Gasteiger partial charge is 0.381 e. The van der Waals surface area contributed by atoms with Gasteiger partial charge in [0.05, 0.1) is 23.8 Å². The van der Waals surface area contributed by atoms with Gasteiger partial charge in [0.2, 0.25) is 11.7 Å². The summed E-state index contributed by atoms with van der Waals surface area (Å²) >= 11 is 0. The number of rotatable bonds is 9. The van der Waals surface area contributed by atoms with E-state index in [1.807, 2.05) is 30.3 Å². The van der Waals surface area contributed by atoms with E-state index in [4.69, 9.17) is 10.5 Å². The van der Waals surface area contributed by atoms with E-state index in [9.17, 15) is 19.7 Å². The van der Waals surface area contributed by atoms with Crippen LogP contribution < -0.4 is 16.2 Å². The molecule has 2 aromatic heterocycles. The van der Waals surface area contributed by atoms with Gasteiger partial charge in [-0.15, -0.1) is 0 Å². The van der Waals surface area contributed by atoms with E-state index >= 15 is 0 Å². The summed E-state index contributed by atoms with van der Waals surface area (Å²) < 4.78 is 10.4. The summed E-state index contributed by atoms with van der Waals surface area (Å²) in [7, 11) is 0. The standard InChI is InChI=1S/C28H24N6O5/c1-19-30-27(34(37)38)18-33(19)25(17-26(29)35)20-7-9-21(10-8-20)31-15-16-32(28(31)36)22-11-13-24(14-12-22)39-23-5-3-2-4-6-23/h2-16,18,25H,17H2,1H3,(H2,29,35). The summed E-state index contributed by atoms with van der Waals surface area (Å²) in [6.45, 7) is 1.62. The number of benzene rings is 3. The highest BCUT2D eigenvalue weighted by molar-refractivity contribution is 5.74. The fourth-order valence-electron chi connectivity index (χ4n) is 4.37. The summed E-state index contributed by atoms with van der Waals surface area (Å²) in [6, 6.07) is 23.0. The van der Waals surface area contributed by atoms with Crippen LogP contribution in [0.5, 0.6) is 11.5 Å². The third kappa shape index (κ3) is 5.32. The van der Waals surface area contributed by atoms with Gasteiger partial charge in [0, 0.05) is 19.3 Å². The molecule has 39 heavy (non-hydrogen) atoms. The molecule has 1 unspecified atom stereocenters. The number of hydrogen-bond acceptors (Lipinski definition) is 6. The van der Waals surface area contributed by atoms with Crippen LogP contribution in [0.2, 0.25) is 0 Å². The van der Waals surface area contributed by atoms with Crippen molar-refractivity contribution in [2.75, 3.05) is 0 Å². The van der Waals surface area contributed by atoms with Crippen molar-refractivity contribution >= 4 is 11.7 Å². The van der Waals surface area contributed by atoms with E-state index in [2.05, 4.69) is 4.98 Å². The zero-order valence-electron chi connectivity index (χ0n) is 20.9. The average Bonchev–Trinajstić information content (AvgIpc) is 3.51. The Morgan fingerprint density at radius 3 is 2.05 bits per heavy atom. The van der Waals surface area contributed by atoms with E-state index in [-0.39, 0.29) is 17.9 Å². The number of primary amides is 1. The predicted octanol–water partition coefficient (Wildman–Crippen LogP) is 4.30. The Kier molecular flexibility index (Phi) is 6.79. The lowest BCUT2D eigenvalue weighted by Crippen LogP contribution is -2.22. The zero-order chi connectivity index (χ0) is 27.5. The summed E-state index contributed by atoms with van der Waals surface area (Å²) in [4.78, 5) is 39.5. The van der Waals surface area contributed by atoms with Crippen LogP contribution in [-0.4, -0.2) is 29.5 Å². The van der Waals surface area contributed by atoms with Crippen LogP contribution in [0.15, 0.2) is 102 Å². The maximum atomic E-state index is 13.2. The Hall–Kier alpha value is -5.45. The molecular weight excluding hydrogens is 500 g/mol. The number of aromatic nitrogens is 4. The minimum Gasteiger partial charge on any atom is -0.457 e. The van der Waals surface area contributed by atoms with Crippen molar-refractivity contribution in [1.82, 2.24) is 18.7 Å². The number of aryl methyl sites for hydroxylation is 1. The minimum absolute atomic E-state index is 0.0754. The molecule has 0 bridgehead atoms. The molecular formula is C28H24N6O5. The van der Waals surface area contributed by atoms with Gasteiger partial charge in [-0.05, 0) is 64.0 Å². The first-order valence-corrected chi connectivity index (χ1v) is 12.0. The lowest BCUT2D eigenvalue weighted by molar-refractivity contribution is -0.389. The Labute approximate surface area is 222 Å². The monoisotopic (exact) mass is 524 g/mol. The van der Waals surface area contributed by atoms with Crippen molar-refractivity contribution < 1.29 is 14.5 Å². The normalized spacial score (nSPS) is 11.7. The Morgan fingerprint density at radius 1 is 0.949 bits per heavy atom. The number of nitrogens with zero attached hydrogens (tertiary/aromatic N) is 5. The molecule has 0 spiro atoms. The highest BCUT2D eigenvalue weighted by Crippen LogP contribution is 2.27. The third-order valence-corrected chi connectivity index (χ3v) is 6.25. The second-order valence-electron chi connectivity index (χ2n) is 8.82. The molecule has 5 rings (SSSR count). The van der Waals surface area contributed by atoms with E-state index in [0.29, 0.717) is 28.5 Å². The van der Waals surface area contributed by atoms with Gasteiger partial charge in [0.1, 0.15) is 17.7 Å². The van der Waals surface area contributed by atoms with Crippen LogP contribution >= 0.6 is 0 Å². The molecule has 1 amide bonds. The third-order valence-electron chi connectivity index (χ3n) is 6.25. The van der Waals surface area contributed by atoms with E-state index in [0.717, 1.165) is 5.75 Å². The van der Waals surface area contributed by atoms with Crippen LogP contribution in [0, 0.1) is 17.0 Å². The maximum Gasteiger partial charge on any atom is 0.381 e. The summed E-state index contributed by atoms with van der Waals surface area (Å²) in [5.74, 6) is 0.874. The van der Waals surface area contributed by atoms with E-state index < -0.39 is 16.9 Å². The second-order valence-corrected chi connectivity index (χ2v) is 8.82. The number of carbonyl (C=O) groups excluding carboxylic acids is 1. The number of imidazole rings is 2. The molecule has 0 saturated heterocycles. The van der Waals surface area contributed by atoms with Gasteiger partial charge in [-0.25, -0.2) is 4.79 Å². The van der Waals surface area contributed by atoms with Crippen LogP contribution in [0.25, 0.3) is 11.4 Å². The van der Waals surface area contributed by atoms with Crippen LogP contribution in [0.1, 0.15) is 23.9 Å². The summed E-state index contributed by atoms with van der Waals surface area (Å²) in [5, 5.41) is 11.2. The molecule has 2 N–H and O–H groups in total. The van der Waals surface area contributed by atoms with Gasteiger partial charge in [0.25, 0.3) is 0 Å². The highest BCUT2D eigenvalue weighted by Gasteiger charge is 2.24. The molecule has 0 saturated carbocycles. The van der Waals surface area contributed by atoms with Gasteiger partial charge in [-0.2, -0.15) is 0 Å². The Bertz CT molecular complexity index is 1690. The fraction of sp³-hybridized carbons (Fsp3) is 0.107. The van der Waals surface area contributed by atoms with Gasteiger partial charge >= 0.3 is 11.5 Å². The lowest BCUT2D eigenvalue weighted by Gasteiger charge is -2.18. The number of nitro groups is 1. The molecule has 0 radical (unpaired) electrons. The first-order valence-electron chi connectivity index (χ1n) is 12.0. The molecule has 5 aromatic rings. The molecule has 2 heterocycles. The first kappa shape index (κ1) is 25.2. The molecule has 3 aromatic carbocycles. The van der Waals surface area contributed by atoms with Crippen LogP contribution in [-0.2, 0) is 4.79 Å². The average molecular weight is 525 g/mol. The first-order chi connectivity index (χ1) is 18.8. The Morgan fingerprint density at radius 2 is 1.51 bits per heavy atom. The quantitative estimate of drug-likeness (QED) is 0.225. The van der Waals surface area contributed by atoms with Gasteiger partial charge in [-0.1, -0.05) is 30.3 Å². The number of carbonyl (C=O) groups is 1.